The van der Waals surface area contributed by atoms with Gasteiger partial charge in [-0.15, -0.1) is 0 Å². The van der Waals surface area contributed by atoms with Gasteiger partial charge >= 0.3 is 6.18 Å². The van der Waals surface area contributed by atoms with Crippen LogP contribution in [-0.4, -0.2) is 19.6 Å². The van der Waals surface area contributed by atoms with Gasteiger partial charge in [-0.1, -0.05) is 0 Å². The van der Waals surface area contributed by atoms with Crippen LogP contribution in [0.15, 0.2) is 23.1 Å². The molecular formula is C13H13F3N4O. The van der Waals surface area contributed by atoms with Gasteiger partial charge in [0.2, 0.25) is 0 Å². The first-order valence-electron chi connectivity index (χ1n) is 6.52. The highest BCUT2D eigenvalue weighted by atomic mass is 19.4. The summed E-state index contributed by atoms with van der Waals surface area (Å²) >= 11 is 0. The zero-order chi connectivity index (χ0) is 15.2. The van der Waals surface area contributed by atoms with E-state index >= 15 is 0 Å². The molecule has 0 aromatic carbocycles. The van der Waals surface area contributed by atoms with Crippen molar-refractivity contribution >= 4 is 0 Å². The normalized spacial score (nSPS) is 15.4. The summed E-state index contributed by atoms with van der Waals surface area (Å²) in [6.07, 6.45) is -1.52. The molecule has 2 aromatic rings. The molecule has 0 bridgehead atoms. The van der Waals surface area contributed by atoms with Gasteiger partial charge in [0.1, 0.15) is 5.56 Å². The number of nitrogens with zero attached hydrogens (tertiary/aromatic N) is 4. The molecule has 2 heterocycles. The van der Waals surface area contributed by atoms with E-state index in [0.29, 0.717) is 11.4 Å². The number of rotatable bonds is 3. The molecule has 3 rings (SSSR count). The first-order chi connectivity index (χ1) is 9.86. The third kappa shape index (κ3) is 2.70. The van der Waals surface area contributed by atoms with Gasteiger partial charge in [-0.3, -0.25) is 9.48 Å². The van der Waals surface area contributed by atoms with E-state index in [0.717, 1.165) is 23.6 Å². The quantitative estimate of drug-likeness (QED) is 0.870. The first kappa shape index (κ1) is 13.8. The van der Waals surface area contributed by atoms with Crippen LogP contribution in [0.1, 0.15) is 35.7 Å². The van der Waals surface area contributed by atoms with Crippen molar-refractivity contribution in [3.8, 4) is 0 Å². The van der Waals surface area contributed by atoms with Crippen LogP contribution >= 0.6 is 0 Å². The van der Waals surface area contributed by atoms with Gasteiger partial charge in [0, 0.05) is 19.2 Å². The third-order valence-electron chi connectivity index (χ3n) is 3.53. The van der Waals surface area contributed by atoms with Crippen LogP contribution in [0.4, 0.5) is 13.2 Å². The van der Waals surface area contributed by atoms with Crippen molar-refractivity contribution in [2.75, 3.05) is 0 Å². The monoisotopic (exact) mass is 298 g/mol. The summed E-state index contributed by atoms with van der Waals surface area (Å²) in [4.78, 5) is 12.0. The van der Waals surface area contributed by atoms with Crippen molar-refractivity contribution in [1.82, 2.24) is 19.6 Å². The summed E-state index contributed by atoms with van der Waals surface area (Å²) in [6, 6.07) is 2.53. The molecular weight excluding hydrogens is 285 g/mol. The lowest BCUT2D eigenvalue weighted by atomic mass is 10.2. The Morgan fingerprint density at radius 2 is 2.10 bits per heavy atom. The molecule has 5 nitrogen and oxygen atoms in total. The number of aryl methyl sites for hydroxylation is 1. The summed E-state index contributed by atoms with van der Waals surface area (Å²) in [6.45, 7) is -0.0288. The number of hydrogen-bond acceptors (Lipinski definition) is 3. The Kier molecular flexibility index (Phi) is 3.11. The fraction of sp³-hybridized carbons (Fsp3) is 0.462. The van der Waals surface area contributed by atoms with Crippen molar-refractivity contribution in [1.29, 1.82) is 0 Å². The molecule has 1 fully saturated rings. The predicted octanol–water partition coefficient (Wildman–Crippen LogP) is 1.92. The van der Waals surface area contributed by atoms with Crippen LogP contribution in [0.5, 0.6) is 0 Å². The second kappa shape index (κ2) is 4.71. The molecule has 1 aliphatic carbocycles. The molecule has 0 amide bonds. The Labute approximate surface area is 118 Å². The van der Waals surface area contributed by atoms with Crippen LogP contribution in [-0.2, 0) is 19.8 Å². The van der Waals surface area contributed by atoms with E-state index in [1.807, 2.05) is 0 Å². The van der Waals surface area contributed by atoms with Crippen molar-refractivity contribution in [3.63, 3.8) is 0 Å². The lowest BCUT2D eigenvalue weighted by Crippen LogP contribution is -2.32. The Balaban J connectivity index is 2.08. The number of aromatic nitrogens is 4. The second-order valence-electron chi connectivity index (χ2n) is 5.16. The predicted molar refractivity (Wildman–Crippen MR) is 67.8 cm³/mol. The molecule has 0 N–H and O–H groups in total. The molecule has 8 heteroatoms. The minimum Gasteiger partial charge on any atom is -0.271 e. The Bertz CT molecular complexity index is 728. The van der Waals surface area contributed by atoms with Gasteiger partial charge in [-0.2, -0.15) is 23.4 Å². The van der Waals surface area contributed by atoms with E-state index in [1.165, 1.54) is 10.9 Å². The zero-order valence-corrected chi connectivity index (χ0v) is 11.3. The standard InChI is InChI=1S/C13H13F3N4O/c1-19-9(4-5-17-19)7-20-12(21)10(13(14,15)16)6-11(18-20)8-2-3-8/h4-6,8H,2-3,7H2,1H3. The smallest absolute Gasteiger partial charge is 0.271 e. The average molecular weight is 298 g/mol. The second-order valence-corrected chi connectivity index (χ2v) is 5.16. The highest BCUT2D eigenvalue weighted by Crippen LogP contribution is 2.40. The highest BCUT2D eigenvalue weighted by molar-refractivity contribution is 5.22. The van der Waals surface area contributed by atoms with E-state index < -0.39 is 17.3 Å². The summed E-state index contributed by atoms with van der Waals surface area (Å²) in [5.74, 6) is 0.0319. The van der Waals surface area contributed by atoms with Crippen LogP contribution in [0.3, 0.4) is 0 Å². The van der Waals surface area contributed by atoms with E-state index in [2.05, 4.69) is 10.2 Å². The Morgan fingerprint density at radius 1 is 1.38 bits per heavy atom. The van der Waals surface area contributed by atoms with E-state index in [4.69, 9.17) is 0 Å². The maximum atomic E-state index is 13.0. The minimum absolute atomic E-state index is 0.0288. The molecule has 0 unspecified atom stereocenters. The number of alkyl halides is 3. The maximum absolute atomic E-state index is 13.0. The summed E-state index contributed by atoms with van der Waals surface area (Å²) < 4.78 is 41.4. The lowest BCUT2D eigenvalue weighted by molar-refractivity contribution is -0.139. The van der Waals surface area contributed by atoms with Gasteiger partial charge < -0.3 is 0 Å². The third-order valence-corrected chi connectivity index (χ3v) is 3.53. The summed E-state index contributed by atoms with van der Waals surface area (Å²) in [5.41, 5.74) is -1.32. The number of hydrogen-bond donors (Lipinski definition) is 0. The van der Waals surface area contributed by atoms with Crippen LogP contribution < -0.4 is 5.56 Å². The van der Waals surface area contributed by atoms with E-state index in [9.17, 15) is 18.0 Å². The molecule has 0 atom stereocenters. The van der Waals surface area contributed by atoms with E-state index in [1.54, 1.807) is 13.1 Å². The van der Waals surface area contributed by atoms with Crippen molar-refractivity contribution in [3.05, 3.63) is 45.6 Å². The van der Waals surface area contributed by atoms with Crippen LogP contribution in [0.2, 0.25) is 0 Å². The SMILES string of the molecule is Cn1nccc1Cn1nc(C2CC2)cc(C(F)(F)F)c1=O. The summed E-state index contributed by atoms with van der Waals surface area (Å²) in [5, 5.41) is 8.02. The fourth-order valence-corrected chi connectivity index (χ4v) is 2.16. The van der Waals surface area contributed by atoms with Crippen LogP contribution in [0.25, 0.3) is 0 Å². The molecule has 1 saturated carbocycles. The zero-order valence-electron chi connectivity index (χ0n) is 11.3. The molecule has 0 spiro atoms. The lowest BCUT2D eigenvalue weighted by Gasteiger charge is -2.12. The van der Waals surface area contributed by atoms with Crippen molar-refractivity contribution < 1.29 is 13.2 Å². The van der Waals surface area contributed by atoms with Gasteiger partial charge in [-0.05, 0) is 25.0 Å². The molecule has 0 radical (unpaired) electrons. The topological polar surface area (TPSA) is 52.7 Å². The van der Waals surface area contributed by atoms with Gasteiger partial charge in [0.25, 0.3) is 5.56 Å². The summed E-state index contributed by atoms with van der Waals surface area (Å²) in [7, 11) is 1.66. The van der Waals surface area contributed by atoms with Crippen molar-refractivity contribution in [2.45, 2.75) is 31.5 Å². The van der Waals surface area contributed by atoms with Crippen molar-refractivity contribution in [2.24, 2.45) is 7.05 Å². The minimum atomic E-state index is -4.67. The van der Waals surface area contributed by atoms with E-state index in [-0.39, 0.29) is 12.5 Å². The molecule has 0 saturated heterocycles. The molecule has 21 heavy (non-hydrogen) atoms. The average Bonchev–Trinajstić information content (AvgIpc) is 3.16. The Hall–Kier alpha value is -2.12. The molecule has 112 valence electrons. The molecule has 0 aliphatic heterocycles. The largest absolute Gasteiger partial charge is 0.421 e. The van der Waals surface area contributed by atoms with Gasteiger partial charge in [0.05, 0.1) is 17.9 Å². The first-order valence-corrected chi connectivity index (χ1v) is 6.52. The maximum Gasteiger partial charge on any atom is 0.421 e. The van der Waals surface area contributed by atoms with Gasteiger partial charge in [0.15, 0.2) is 0 Å². The fourth-order valence-electron chi connectivity index (χ4n) is 2.16. The number of halogens is 3. The highest BCUT2D eigenvalue weighted by Gasteiger charge is 2.37. The molecule has 1 aliphatic rings. The van der Waals surface area contributed by atoms with Crippen LogP contribution in [0, 0.1) is 0 Å². The van der Waals surface area contributed by atoms with Gasteiger partial charge in [-0.25, -0.2) is 4.68 Å². The molecule has 2 aromatic heterocycles. The Morgan fingerprint density at radius 3 is 2.62 bits per heavy atom.